The van der Waals surface area contributed by atoms with Gasteiger partial charge >= 0.3 is 0 Å². The molecule has 2 N–H and O–H groups in total. The first kappa shape index (κ1) is 25.8. The van der Waals surface area contributed by atoms with E-state index in [9.17, 15) is 18.3 Å². The Morgan fingerprint density at radius 2 is 1.82 bits per heavy atom. The summed E-state index contributed by atoms with van der Waals surface area (Å²) in [7, 11) is -0.199. The van der Waals surface area contributed by atoms with Crippen LogP contribution in [0.25, 0.3) is 0 Å². The van der Waals surface area contributed by atoms with Crippen LogP contribution in [0.15, 0.2) is 41.8 Å². The van der Waals surface area contributed by atoms with Crippen molar-refractivity contribution in [2.24, 2.45) is 30.7 Å². The second-order valence-electron chi connectivity index (χ2n) is 12.1. The molecule has 1 aromatic heterocycles. The number of amides is 1. The van der Waals surface area contributed by atoms with Gasteiger partial charge in [-0.3, -0.25) is 4.79 Å². The van der Waals surface area contributed by atoms with Crippen molar-refractivity contribution in [2.75, 3.05) is 20.1 Å². The molecule has 1 saturated heterocycles. The standard InChI is InChI=1S/C28H38N4O5S/c1-31-16-24(30-17-31)38(35,36)27(20-7-9-29-10-8-20)37-23-5-3-19(4-6-23)26(33)32(2)25-21-11-18-12-22(25)15-28(34,13-18)14-21/h3-6,16-18,20-22,25,27,29,34H,7-15H2,1-2H3. The molecule has 2 aromatic rings. The molecular formula is C28H38N4O5S. The Morgan fingerprint density at radius 1 is 1.16 bits per heavy atom. The first-order valence-electron chi connectivity index (χ1n) is 13.8. The number of nitrogens with one attached hydrogen (secondary N) is 1. The highest BCUT2D eigenvalue weighted by atomic mass is 32.2. The van der Waals surface area contributed by atoms with Gasteiger partial charge in [-0.25, -0.2) is 13.4 Å². The molecule has 4 saturated carbocycles. The lowest BCUT2D eigenvalue weighted by atomic mass is 9.52. The Hall–Kier alpha value is -2.43. The largest absolute Gasteiger partial charge is 0.474 e. The van der Waals surface area contributed by atoms with Gasteiger partial charge in [0.2, 0.25) is 15.3 Å². The molecule has 1 aromatic carbocycles. The lowest BCUT2D eigenvalue weighted by Gasteiger charge is -2.59. The van der Waals surface area contributed by atoms with Gasteiger partial charge in [0.15, 0.2) is 5.03 Å². The fraction of sp³-hybridized carbons (Fsp3) is 0.643. The first-order valence-corrected chi connectivity index (χ1v) is 15.4. The minimum atomic E-state index is -3.82. The maximum absolute atomic E-state index is 13.5. The zero-order chi connectivity index (χ0) is 26.7. The molecule has 10 heteroatoms. The number of aryl methyl sites for hydroxylation is 1. The molecule has 3 unspecified atom stereocenters. The number of hydrogen-bond acceptors (Lipinski definition) is 7. The van der Waals surface area contributed by atoms with E-state index in [1.54, 1.807) is 35.9 Å². The third kappa shape index (κ3) is 4.64. The van der Waals surface area contributed by atoms with Crippen molar-refractivity contribution in [3.05, 3.63) is 42.4 Å². The molecule has 3 atom stereocenters. The highest BCUT2D eigenvalue weighted by molar-refractivity contribution is 7.91. The van der Waals surface area contributed by atoms with Crippen molar-refractivity contribution in [3.63, 3.8) is 0 Å². The Balaban J connectivity index is 1.19. The number of rotatable bonds is 7. The summed E-state index contributed by atoms with van der Waals surface area (Å²) in [6.45, 7) is 1.48. The molecular weight excluding hydrogens is 504 g/mol. The highest BCUT2D eigenvalue weighted by Gasteiger charge is 2.56. The van der Waals surface area contributed by atoms with Crippen LogP contribution in [0.3, 0.4) is 0 Å². The zero-order valence-electron chi connectivity index (χ0n) is 22.1. The van der Waals surface area contributed by atoms with E-state index in [1.165, 1.54) is 12.5 Å². The number of carbonyl (C=O) groups excluding carboxylic acids is 1. The van der Waals surface area contributed by atoms with E-state index in [4.69, 9.17) is 4.74 Å². The maximum atomic E-state index is 13.5. The molecule has 1 amide bonds. The number of aromatic nitrogens is 2. The molecule has 7 rings (SSSR count). The predicted molar refractivity (Wildman–Crippen MR) is 141 cm³/mol. The minimum Gasteiger partial charge on any atom is -0.474 e. The lowest BCUT2D eigenvalue weighted by Crippen LogP contribution is -2.61. The first-order chi connectivity index (χ1) is 18.1. The fourth-order valence-electron chi connectivity index (χ4n) is 7.92. The van der Waals surface area contributed by atoms with Gasteiger partial charge in [-0.15, -0.1) is 0 Å². The summed E-state index contributed by atoms with van der Waals surface area (Å²) in [5.74, 6) is 1.50. The quantitative estimate of drug-likeness (QED) is 0.553. The average molecular weight is 543 g/mol. The van der Waals surface area contributed by atoms with E-state index >= 15 is 0 Å². The number of ether oxygens (including phenoxy) is 1. The highest BCUT2D eigenvalue weighted by Crippen LogP contribution is 2.56. The van der Waals surface area contributed by atoms with Gasteiger partial charge in [-0.2, -0.15) is 0 Å². The number of nitrogens with zero attached hydrogens (tertiary/aromatic N) is 3. The van der Waals surface area contributed by atoms with Crippen molar-refractivity contribution in [3.8, 4) is 5.75 Å². The van der Waals surface area contributed by atoms with Crippen LogP contribution in [-0.2, 0) is 16.9 Å². The van der Waals surface area contributed by atoms with E-state index in [0.717, 1.165) is 45.2 Å². The van der Waals surface area contributed by atoms with E-state index in [-0.39, 0.29) is 22.9 Å². The zero-order valence-corrected chi connectivity index (χ0v) is 22.9. The maximum Gasteiger partial charge on any atom is 0.253 e. The van der Waals surface area contributed by atoms with Crippen LogP contribution in [0, 0.1) is 23.7 Å². The molecule has 9 nitrogen and oxygen atoms in total. The number of sulfone groups is 1. The number of piperidine rings is 1. The fourth-order valence-corrected chi connectivity index (χ4v) is 9.68. The van der Waals surface area contributed by atoms with Crippen molar-refractivity contribution >= 4 is 15.7 Å². The van der Waals surface area contributed by atoms with Crippen LogP contribution >= 0.6 is 0 Å². The number of aliphatic hydroxyl groups is 1. The molecule has 206 valence electrons. The third-order valence-electron chi connectivity index (χ3n) is 9.36. The molecule has 4 aliphatic carbocycles. The van der Waals surface area contributed by atoms with Crippen LogP contribution in [0.2, 0.25) is 0 Å². The Bertz CT molecular complexity index is 1270. The average Bonchev–Trinajstić information content (AvgIpc) is 3.33. The topological polar surface area (TPSA) is 114 Å². The Labute approximate surface area is 224 Å². The van der Waals surface area contributed by atoms with Gasteiger partial charge in [0.1, 0.15) is 5.75 Å². The summed E-state index contributed by atoms with van der Waals surface area (Å²) in [6, 6.07) is 7.00. The summed E-state index contributed by atoms with van der Waals surface area (Å²) in [6.07, 6.45) is 9.05. The summed E-state index contributed by atoms with van der Waals surface area (Å²) in [5.41, 5.74) is -1.03. The van der Waals surface area contributed by atoms with Gasteiger partial charge in [-0.1, -0.05) is 0 Å². The number of hydrogen-bond donors (Lipinski definition) is 2. The van der Waals surface area contributed by atoms with E-state index in [1.807, 2.05) is 11.9 Å². The SMILES string of the molecule is CN(C(=O)c1ccc(OC(C2CCNCC2)S(=O)(=O)c2cn(C)cn2)cc1)C1C2CC3CC1CC(O)(C3)C2. The Morgan fingerprint density at radius 3 is 2.39 bits per heavy atom. The van der Waals surface area contributed by atoms with Crippen molar-refractivity contribution in [1.29, 1.82) is 0 Å². The van der Waals surface area contributed by atoms with E-state index in [2.05, 4.69) is 10.3 Å². The molecule has 0 radical (unpaired) electrons. The summed E-state index contributed by atoms with van der Waals surface area (Å²) < 4.78 is 34.8. The normalized spacial score (nSPS) is 31.8. The summed E-state index contributed by atoms with van der Waals surface area (Å²) >= 11 is 0. The predicted octanol–water partition coefficient (Wildman–Crippen LogP) is 2.61. The third-order valence-corrected chi connectivity index (χ3v) is 11.2. The van der Waals surface area contributed by atoms with Crippen LogP contribution < -0.4 is 10.1 Å². The minimum absolute atomic E-state index is 0.0114. The van der Waals surface area contributed by atoms with Gasteiger partial charge < -0.3 is 24.6 Å². The molecule has 0 spiro atoms. The van der Waals surface area contributed by atoms with Crippen molar-refractivity contribution in [2.45, 2.75) is 67.1 Å². The Kier molecular flexibility index (Phi) is 6.55. The number of benzene rings is 1. The monoisotopic (exact) mass is 542 g/mol. The molecule has 4 bridgehead atoms. The summed E-state index contributed by atoms with van der Waals surface area (Å²) in [4.78, 5) is 19.5. The van der Waals surface area contributed by atoms with Crippen LogP contribution in [0.1, 0.15) is 55.3 Å². The molecule has 5 fully saturated rings. The second-order valence-corrected chi connectivity index (χ2v) is 14.1. The van der Waals surface area contributed by atoms with Gasteiger partial charge in [0, 0.05) is 37.8 Å². The second kappa shape index (κ2) is 9.64. The van der Waals surface area contributed by atoms with Crippen LogP contribution in [-0.4, -0.2) is 71.1 Å². The van der Waals surface area contributed by atoms with E-state index < -0.39 is 20.9 Å². The lowest BCUT2D eigenvalue weighted by molar-refractivity contribution is -0.152. The van der Waals surface area contributed by atoms with Gasteiger partial charge in [0.05, 0.1) is 11.9 Å². The molecule has 5 aliphatic rings. The van der Waals surface area contributed by atoms with Gasteiger partial charge in [0.25, 0.3) is 5.91 Å². The van der Waals surface area contributed by atoms with Crippen molar-refractivity contribution < 1.29 is 23.1 Å². The molecule has 38 heavy (non-hydrogen) atoms. The van der Waals surface area contributed by atoms with E-state index in [0.29, 0.717) is 41.9 Å². The van der Waals surface area contributed by atoms with Crippen LogP contribution in [0.4, 0.5) is 0 Å². The number of carbonyl (C=O) groups is 1. The van der Waals surface area contributed by atoms with Crippen molar-refractivity contribution in [1.82, 2.24) is 19.8 Å². The van der Waals surface area contributed by atoms with Gasteiger partial charge in [-0.05, 0) is 100 Å². The molecule has 2 heterocycles. The summed E-state index contributed by atoms with van der Waals surface area (Å²) in [5, 5.41) is 14.2. The van der Waals surface area contributed by atoms with Crippen LogP contribution in [0.5, 0.6) is 5.75 Å². The molecule has 1 aliphatic heterocycles. The number of imidazole rings is 1. The smallest absolute Gasteiger partial charge is 0.253 e.